The minimum Gasteiger partial charge on any atom is -0.395 e. The molecule has 1 aromatic carbocycles. The van der Waals surface area contributed by atoms with E-state index in [0.717, 1.165) is 24.2 Å². The SMILES string of the molecule is CC(Cc1cnccn1)N(C)Cc1ccc(C#CCCO)cc1. The van der Waals surface area contributed by atoms with Crippen LogP contribution in [0.15, 0.2) is 42.9 Å². The molecule has 0 radical (unpaired) electrons. The molecule has 0 aliphatic heterocycles. The van der Waals surface area contributed by atoms with Crippen LogP contribution in [0.2, 0.25) is 0 Å². The van der Waals surface area contributed by atoms with E-state index in [1.807, 2.05) is 18.3 Å². The zero-order valence-corrected chi connectivity index (χ0v) is 13.7. The molecule has 0 fully saturated rings. The third-order valence-corrected chi connectivity index (χ3v) is 3.73. The van der Waals surface area contributed by atoms with Crippen LogP contribution in [-0.2, 0) is 13.0 Å². The average molecular weight is 309 g/mol. The summed E-state index contributed by atoms with van der Waals surface area (Å²) < 4.78 is 0. The Morgan fingerprint density at radius 3 is 2.65 bits per heavy atom. The lowest BCUT2D eigenvalue weighted by Gasteiger charge is -2.24. The molecule has 1 unspecified atom stereocenters. The van der Waals surface area contributed by atoms with Gasteiger partial charge in [0.15, 0.2) is 0 Å². The predicted octanol–water partition coefficient (Wildman–Crippen LogP) is 2.27. The van der Waals surface area contributed by atoms with Gasteiger partial charge in [0.05, 0.1) is 12.3 Å². The van der Waals surface area contributed by atoms with Crippen LogP contribution in [0.3, 0.4) is 0 Å². The molecule has 0 bridgehead atoms. The summed E-state index contributed by atoms with van der Waals surface area (Å²) in [5, 5.41) is 8.73. The second-order valence-corrected chi connectivity index (χ2v) is 5.64. The Labute approximate surface area is 138 Å². The maximum Gasteiger partial charge on any atom is 0.0602 e. The van der Waals surface area contributed by atoms with E-state index >= 15 is 0 Å². The third-order valence-electron chi connectivity index (χ3n) is 3.73. The van der Waals surface area contributed by atoms with Gasteiger partial charge in [-0.2, -0.15) is 0 Å². The number of likely N-dealkylation sites (N-methyl/N-ethyl adjacent to an activating group) is 1. The molecule has 0 saturated heterocycles. The smallest absolute Gasteiger partial charge is 0.0602 e. The number of hydrogen-bond acceptors (Lipinski definition) is 4. The highest BCUT2D eigenvalue weighted by Crippen LogP contribution is 2.10. The number of aliphatic hydroxyl groups is 1. The van der Waals surface area contributed by atoms with Crippen molar-refractivity contribution in [1.82, 2.24) is 14.9 Å². The van der Waals surface area contributed by atoms with Gasteiger partial charge in [-0.25, -0.2) is 0 Å². The molecule has 2 rings (SSSR count). The van der Waals surface area contributed by atoms with Gasteiger partial charge in [0.1, 0.15) is 0 Å². The van der Waals surface area contributed by atoms with Crippen molar-refractivity contribution in [3.8, 4) is 11.8 Å². The summed E-state index contributed by atoms with van der Waals surface area (Å²) in [5.74, 6) is 5.98. The molecular formula is C19H23N3O. The van der Waals surface area contributed by atoms with E-state index in [2.05, 4.69) is 52.8 Å². The molecule has 1 atom stereocenters. The zero-order chi connectivity index (χ0) is 16.5. The molecule has 4 heteroatoms. The summed E-state index contributed by atoms with van der Waals surface area (Å²) in [6, 6.07) is 8.65. The number of nitrogens with zero attached hydrogens (tertiary/aromatic N) is 3. The molecule has 2 aromatic rings. The van der Waals surface area contributed by atoms with Crippen molar-refractivity contribution in [2.75, 3.05) is 13.7 Å². The van der Waals surface area contributed by atoms with Gasteiger partial charge in [-0.05, 0) is 31.7 Å². The number of aliphatic hydroxyl groups excluding tert-OH is 1. The quantitative estimate of drug-likeness (QED) is 0.832. The van der Waals surface area contributed by atoms with Crippen LogP contribution in [-0.4, -0.2) is 39.7 Å². The van der Waals surface area contributed by atoms with Crippen molar-refractivity contribution in [3.63, 3.8) is 0 Å². The van der Waals surface area contributed by atoms with E-state index in [1.165, 1.54) is 5.56 Å². The summed E-state index contributed by atoms with van der Waals surface area (Å²) in [5.41, 5.74) is 3.25. The van der Waals surface area contributed by atoms with Crippen molar-refractivity contribution >= 4 is 0 Å². The lowest BCUT2D eigenvalue weighted by atomic mass is 10.1. The normalized spacial score (nSPS) is 11.8. The van der Waals surface area contributed by atoms with Crippen LogP contribution in [0, 0.1) is 11.8 Å². The molecule has 1 aromatic heterocycles. The minimum absolute atomic E-state index is 0.111. The van der Waals surface area contributed by atoms with Gasteiger partial charge >= 0.3 is 0 Å². The largest absolute Gasteiger partial charge is 0.395 e. The van der Waals surface area contributed by atoms with E-state index in [-0.39, 0.29) is 6.61 Å². The zero-order valence-electron chi connectivity index (χ0n) is 13.7. The van der Waals surface area contributed by atoms with Crippen molar-refractivity contribution < 1.29 is 5.11 Å². The molecule has 1 heterocycles. The Balaban J connectivity index is 1.89. The van der Waals surface area contributed by atoms with Crippen molar-refractivity contribution in [3.05, 3.63) is 59.7 Å². The van der Waals surface area contributed by atoms with Crippen molar-refractivity contribution in [2.45, 2.75) is 32.4 Å². The summed E-state index contributed by atoms with van der Waals surface area (Å²) >= 11 is 0. The molecule has 1 N–H and O–H groups in total. The van der Waals surface area contributed by atoms with Gasteiger partial charge < -0.3 is 5.11 Å². The predicted molar refractivity (Wildman–Crippen MR) is 91.7 cm³/mol. The Morgan fingerprint density at radius 1 is 1.22 bits per heavy atom. The molecule has 0 saturated carbocycles. The van der Waals surface area contributed by atoms with Gasteiger partial charge in [0.2, 0.25) is 0 Å². The molecule has 0 amide bonds. The maximum absolute atomic E-state index is 8.73. The van der Waals surface area contributed by atoms with E-state index in [0.29, 0.717) is 12.5 Å². The molecule has 120 valence electrons. The van der Waals surface area contributed by atoms with Crippen LogP contribution in [0.5, 0.6) is 0 Å². The standard InChI is InChI=1S/C19H23N3O/c1-16(13-19-14-20-10-11-21-19)22(2)15-18-8-6-17(7-9-18)5-3-4-12-23/h6-11,14,16,23H,4,12-13,15H2,1-2H3. The molecule has 23 heavy (non-hydrogen) atoms. The monoisotopic (exact) mass is 309 g/mol. The van der Waals surface area contributed by atoms with Gasteiger partial charge in [-0.1, -0.05) is 24.0 Å². The second kappa shape index (κ2) is 9.04. The summed E-state index contributed by atoms with van der Waals surface area (Å²) in [4.78, 5) is 10.8. The summed E-state index contributed by atoms with van der Waals surface area (Å²) in [7, 11) is 2.12. The summed E-state index contributed by atoms with van der Waals surface area (Å²) in [6.07, 6.45) is 6.66. The maximum atomic E-state index is 8.73. The van der Waals surface area contributed by atoms with Gasteiger partial charge in [-0.15, -0.1) is 0 Å². The Kier molecular flexibility index (Phi) is 6.74. The number of benzene rings is 1. The van der Waals surface area contributed by atoms with E-state index in [9.17, 15) is 0 Å². The van der Waals surface area contributed by atoms with Crippen molar-refractivity contribution in [1.29, 1.82) is 0 Å². The van der Waals surface area contributed by atoms with Gasteiger partial charge in [-0.3, -0.25) is 14.9 Å². The lowest BCUT2D eigenvalue weighted by molar-refractivity contribution is 0.246. The average Bonchev–Trinajstić information content (AvgIpc) is 2.57. The molecule has 0 aliphatic carbocycles. The van der Waals surface area contributed by atoms with Gasteiger partial charge in [0, 0.05) is 49.6 Å². The van der Waals surface area contributed by atoms with E-state index in [4.69, 9.17) is 5.11 Å². The lowest BCUT2D eigenvalue weighted by Crippen LogP contribution is -2.30. The van der Waals surface area contributed by atoms with Gasteiger partial charge in [0.25, 0.3) is 0 Å². The van der Waals surface area contributed by atoms with Crippen LogP contribution in [0.1, 0.15) is 30.2 Å². The first kappa shape index (κ1) is 17.1. The first-order chi connectivity index (χ1) is 11.2. The molecule has 0 aliphatic rings. The van der Waals surface area contributed by atoms with Crippen molar-refractivity contribution in [2.24, 2.45) is 0 Å². The molecular weight excluding hydrogens is 286 g/mol. The van der Waals surface area contributed by atoms with Crippen LogP contribution >= 0.6 is 0 Å². The van der Waals surface area contributed by atoms with Crippen LogP contribution < -0.4 is 0 Å². The number of rotatable bonds is 6. The Morgan fingerprint density at radius 2 is 2.00 bits per heavy atom. The first-order valence-corrected chi connectivity index (χ1v) is 7.83. The fourth-order valence-corrected chi connectivity index (χ4v) is 2.25. The number of aromatic nitrogens is 2. The third kappa shape index (κ3) is 5.82. The highest BCUT2D eigenvalue weighted by Gasteiger charge is 2.11. The fraction of sp³-hybridized carbons (Fsp3) is 0.368. The molecule has 4 nitrogen and oxygen atoms in total. The van der Waals surface area contributed by atoms with Crippen LogP contribution in [0.25, 0.3) is 0 Å². The summed E-state index contributed by atoms with van der Waals surface area (Å²) in [6.45, 7) is 3.19. The fourth-order valence-electron chi connectivity index (χ4n) is 2.25. The Hall–Kier alpha value is -2.22. The first-order valence-electron chi connectivity index (χ1n) is 7.83. The Bertz CT molecular complexity index is 644. The minimum atomic E-state index is 0.111. The van der Waals surface area contributed by atoms with E-state index < -0.39 is 0 Å². The molecule has 0 spiro atoms. The second-order valence-electron chi connectivity index (χ2n) is 5.64. The highest BCUT2D eigenvalue weighted by atomic mass is 16.2. The topological polar surface area (TPSA) is 49.2 Å². The number of hydrogen-bond donors (Lipinski definition) is 1. The van der Waals surface area contributed by atoms with E-state index in [1.54, 1.807) is 12.4 Å². The van der Waals surface area contributed by atoms with Crippen LogP contribution in [0.4, 0.5) is 0 Å². The highest BCUT2D eigenvalue weighted by molar-refractivity contribution is 5.36.